The molecule has 0 fully saturated rings. The summed E-state index contributed by atoms with van der Waals surface area (Å²) in [6, 6.07) is 10.4. The van der Waals surface area contributed by atoms with Gasteiger partial charge in [0.05, 0.1) is 31.9 Å². The number of pyridine rings is 1. The van der Waals surface area contributed by atoms with Crippen molar-refractivity contribution in [2.24, 2.45) is 0 Å². The van der Waals surface area contributed by atoms with E-state index in [-0.39, 0.29) is 24.0 Å². The summed E-state index contributed by atoms with van der Waals surface area (Å²) < 4.78 is 54.6. The number of anilines is 1. The number of halogens is 1. The molecule has 0 aliphatic heterocycles. The first kappa shape index (κ1) is 24.0. The molecule has 1 aromatic carbocycles. The number of nitrogens with zero attached hydrogens (tertiary/aromatic N) is 6. The molecule has 3 aromatic heterocycles. The van der Waals surface area contributed by atoms with Gasteiger partial charge in [-0.1, -0.05) is 12.1 Å². The summed E-state index contributed by atoms with van der Waals surface area (Å²) in [6.07, 6.45) is 3.51. The van der Waals surface area contributed by atoms with Crippen LogP contribution in [0.1, 0.15) is 12.7 Å². The summed E-state index contributed by atoms with van der Waals surface area (Å²) in [7, 11) is -1.04. The fourth-order valence-corrected chi connectivity index (χ4v) is 4.27. The number of sulfonamides is 1. The summed E-state index contributed by atoms with van der Waals surface area (Å²) >= 11 is 0. The lowest BCUT2D eigenvalue weighted by Gasteiger charge is -2.18. The molecule has 1 N–H and O–H groups in total. The van der Waals surface area contributed by atoms with Crippen molar-refractivity contribution in [1.29, 1.82) is 0 Å². The van der Waals surface area contributed by atoms with Crippen LogP contribution in [0.25, 0.3) is 17.2 Å². The van der Waals surface area contributed by atoms with Gasteiger partial charge in [-0.05, 0) is 31.2 Å². The van der Waals surface area contributed by atoms with Gasteiger partial charge in [-0.2, -0.15) is 0 Å². The molecule has 0 unspecified atom stereocenters. The minimum absolute atomic E-state index is 0.0468. The first-order valence-electron chi connectivity index (χ1n) is 10.4. The molecule has 0 aliphatic carbocycles. The van der Waals surface area contributed by atoms with E-state index in [1.54, 1.807) is 42.6 Å². The number of para-hydroxylation sites is 1. The Kier molecular flexibility index (Phi) is 6.87. The van der Waals surface area contributed by atoms with E-state index in [1.165, 1.54) is 25.7 Å². The van der Waals surface area contributed by atoms with Crippen LogP contribution in [0.2, 0.25) is 0 Å². The van der Waals surface area contributed by atoms with Crippen molar-refractivity contribution in [2.75, 3.05) is 18.9 Å². The van der Waals surface area contributed by atoms with E-state index in [0.29, 0.717) is 22.9 Å². The zero-order valence-corrected chi connectivity index (χ0v) is 19.9. The Morgan fingerprint density at radius 1 is 1.00 bits per heavy atom. The van der Waals surface area contributed by atoms with Crippen molar-refractivity contribution in [3.05, 3.63) is 66.6 Å². The molecule has 0 saturated carbocycles. The van der Waals surface area contributed by atoms with Crippen molar-refractivity contribution in [2.45, 2.75) is 18.6 Å². The minimum Gasteiger partial charge on any atom is -0.494 e. The fraction of sp³-hybridized carbons (Fsp3) is 0.227. The second-order valence-electron chi connectivity index (χ2n) is 7.39. The van der Waals surface area contributed by atoms with Gasteiger partial charge in [0.1, 0.15) is 28.7 Å². The lowest BCUT2D eigenvalue weighted by Crippen LogP contribution is -2.29. The monoisotopic (exact) mass is 499 g/mol. The predicted molar refractivity (Wildman–Crippen MR) is 125 cm³/mol. The molecule has 1 atom stereocenters. The number of hydrogen-bond acceptors (Lipinski definition) is 9. The van der Waals surface area contributed by atoms with Crippen molar-refractivity contribution in [3.63, 3.8) is 0 Å². The van der Waals surface area contributed by atoms with E-state index < -0.39 is 21.1 Å². The van der Waals surface area contributed by atoms with Crippen LogP contribution in [0.15, 0.2) is 55.0 Å². The van der Waals surface area contributed by atoms with Crippen LogP contribution in [0, 0.1) is 5.82 Å². The zero-order valence-electron chi connectivity index (χ0n) is 19.1. The van der Waals surface area contributed by atoms with Gasteiger partial charge in [0.15, 0.2) is 11.6 Å². The Morgan fingerprint density at radius 2 is 1.69 bits per heavy atom. The first-order valence-corrected chi connectivity index (χ1v) is 11.9. The number of rotatable bonds is 9. The van der Waals surface area contributed by atoms with Gasteiger partial charge >= 0.3 is 0 Å². The van der Waals surface area contributed by atoms with Crippen LogP contribution >= 0.6 is 0 Å². The molecular weight excluding hydrogens is 477 g/mol. The van der Waals surface area contributed by atoms with Crippen molar-refractivity contribution in [1.82, 2.24) is 29.7 Å². The van der Waals surface area contributed by atoms with Gasteiger partial charge in [0, 0.05) is 12.6 Å². The average Bonchev–Trinajstić information content (AvgIpc) is 3.27. The highest BCUT2D eigenvalue weighted by molar-refractivity contribution is 7.93. The highest BCUT2D eigenvalue weighted by Crippen LogP contribution is 2.37. The van der Waals surface area contributed by atoms with E-state index in [1.807, 2.05) is 0 Å². The summed E-state index contributed by atoms with van der Waals surface area (Å²) in [5, 5.41) is 7.32. The zero-order chi connectivity index (χ0) is 25.0. The fourth-order valence-electron chi connectivity index (χ4n) is 3.31. The van der Waals surface area contributed by atoms with Crippen LogP contribution in [-0.2, 0) is 16.4 Å². The van der Waals surface area contributed by atoms with Crippen LogP contribution in [0.3, 0.4) is 0 Å². The number of nitrogens with one attached hydrogen (secondary N) is 1. The third-order valence-corrected chi connectivity index (χ3v) is 6.78. The quantitative estimate of drug-likeness (QED) is 0.369. The first-order chi connectivity index (χ1) is 16.8. The Balaban J connectivity index is 1.79. The molecule has 35 heavy (non-hydrogen) atoms. The highest BCUT2D eigenvalue weighted by atomic mass is 32.2. The van der Waals surface area contributed by atoms with E-state index >= 15 is 0 Å². The molecule has 13 heteroatoms. The smallest absolute Gasteiger partial charge is 0.243 e. The van der Waals surface area contributed by atoms with Gasteiger partial charge in [0.25, 0.3) is 0 Å². The summed E-state index contributed by atoms with van der Waals surface area (Å²) in [4.78, 5) is 12.0. The van der Waals surface area contributed by atoms with E-state index in [9.17, 15) is 12.8 Å². The molecule has 0 radical (unpaired) electrons. The number of hydrogen-bond donors (Lipinski definition) is 1. The lowest BCUT2D eigenvalue weighted by molar-refractivity contribution is 0.391. The van der Waals surface area contributed by atoms with Crippen LogP contribution < -0.4 is 14.2 Å². The Labute approximate surface area is 201 Å². The number of benzene rings is 1. The second kappa shape index (κ2) is 10.0. The Bertz CT molecular complexity index is 1390. The lowest BCUT2D eigenvalue weighted by atomic mass is 10.2. The molecule has 0 spiro atoms. The van der Waals surface area contributed by atoms with Crippen molar-refractivity contribution in [3.8, 4) is 28.7 Å². The number of methoxy groups -OCH3 is 2. The van der Waals surface area contributed by atoms with Crippen molar-refractivity contribution >= 4 is 16.0 Å². The maximum atomic E-state index is 13.2. The molecule has 11 nitrogen and oxygen atoms in total. The summed E-state index contributed by atoms with van der Waals surface area (Å²) in [5.74, 6) is 0.541. The average molecular weight is 500 g/mol. The van der Waals surface area contributed by atoms with E-state index in [0.717, 1.165) is 12.4 Å². The Morgan fingerprint density at radius 3 is 2.29 bits per heavy atom. The van der Waals surface area contributed by atoms with Gasteiger partial charge in [0.2, 0.25) is 16.0 Å². The largest absolute Gasteiger partial charge is 0.494 e. The number of aromatic nitrogens is 6. The topological polar surface area (TPSA) is 134 Å². The minimum atomic E-state index is -4.01. The van der Waals surface area contributed by atoms with Gasteiger partial charge in [-0.15, -0.1) is 10.2 Å². The molecule has 4 rings (SSSR count). The maximum Gasteiger partial charge on any atom is 0.243 e. The molecule has 0 aliphatic rings. The molecule has 182 valence electrons. The molecule has 4 aromatic rings. The maximum absolute atomic E-state index is 13.2. The normalized spacial score (nSPS) is 12.2. The van der Waals surface area contributed by atoms with Crippen molar-refractivity contribution < 1.29 is 22.3 Å². The van der Waals surface area contributed by atoms with Gasteiger partial charge in [-0.25, -0.2) is 22.8 Å². The SMILES string of the molecule is COc1cccc(OC)c1-n1c(NS(=O)(=O)[C@@H](C)Cc2ncc(F)cn2)nnc1-c1ccccn1. The van der Waals surface area contributed by atoms with E-state index in [4.69, 9.17) is 9.47 Å². The molecule has 0 bridgehead atoms. The summed E-state index contributed by atoms with van der Waals surface area (Å²) in [6.45, 7) is 1.49. The van der Waals surface area contributed by atoms with Crippen LogP contribution in [-0.4, -0.2) is 57.6 Å². The van der Waals surface area contributed by atoms with E-state index in [2.05, 4.69) is 29.9 Å². The highest BCUT2D eigenvalue weighted by Gasteiger charge is 2.28. The van der Waals surface area contributed by atoms with Gasteiger partial charge in [-0.3, -0.25) is 14.3 Å². The van der Waals surface area contributed by atoms with Crippen LogP contribution in [0.5, 0.6) is 11.5 Å². The molecule has 0 amide bonds. The molecular formula is C22H22FN7O4S. The summed E-state index contributed by atoms with van der Waals surface area (Å²) in [5.41, 5.74) is 0.835. The third-order valence-electron chi connectivity index (χ3n) is 5.09. The second-order valence-corrected chi connectivity index (χ2v) is 9.49. The molecule has 3 heterocycles. The Hall–Kier alpha value is -4.13. The number of ether oxygens (including phenoxy) is 2. The predicted octanol–water partition coefficient (Wildman–Crippen LogP) is 2.65. The van der Waals surface area contributed by atoms with Gasteiger partial charge < -0.3 is 9.47 Å². The molecule has 0 saturated heterocycles. The standard InChI is InChI=1S/C22H22FN7O4S/c1-14(11-19-25-12-15(23)13-26-19)35(31,32)29-22-28-27-21(16-7-4-5-10-24-16)30(22)20-17(33-2)8-6-9-18(20)34-3/h4-10,12-14H,11H2,1-3H3,(H,28,29)/t14-/m0/s1. The third kappa shape index (κ3) is 5.04. The van der Waals surface area contributed by atoms with Crippen LogP contribution in [0.4, 0.5) is 10.3 Å².